The monoisotopic (exact) mass is 258 g/mol. The average Bonchev–Trinajstić information content (AvgIpc) is 3.13. The minimum Gasteiger partial charge on any atom is -0.497 e. The molecule has 1 aliphatic heterocycles. The molecule has 1 fully saturated rings. The van der Waals surface area contributed by atoms with Crippen LogP contribution in [0, 0.1) is 0 Å². The van der Waals surface area contributed by atoms with Crippen molar-refractivity contribution in [2.75, 3.05) is 13.7 Å². The van der Waals surface area contributed by atoms with Gasteiger partial charge in [0, 0.05) is 0 Å². The summed E-state index contributed by atoms with van der Waals surface area (Å²) in [6.07, 6.45) is -1.18. The van der Waals surface area contributed by atoms with Gasteiger partial charge < -0.3 is 14.2 Å². The fraction of sp³-hybridized carbons (Fsp3) is 0.417. The van der Waals surface area contributed by atoms with E-state index in [0.717, 1.165) is 0 Å². The minimum absolute atomic E-state index is 0.0530. The molecule has 1 atom stereocenters. The van der Waals surface area contributed by atoms with Crippen LogP contribution >= 0.6 is 0 Å². The lowest BCUT2D eigenvalue weighted by molar-refractivity contribution is -0.163. The third-order valence-electron chi connectivity index (χ3n) is 2.46. The van der Waals surface area contributed by atoms with Crippen LogP contribution in [0.3, 0.4) is 0 Å². The van der Waals surface area contributed by atoms with E-state index in [2.05, 4.69) is 9.47 Å². The summed E-state index contributed by atoms with van der Waals surface area (Å²) >= 11 is 0. The number of carbonyl (C=O) groups is 1. The molecule has 0 saturated carbocycles. The van der Waals surface area contributed by atoms with E-state index < -0.39 is 24.4 Å². The average molecular weight is 258 g/mol. The molecule has 1 saturated heterocycles. The Bertz CT molecular complexity index is 426. The van der Waals surface area contributed by atoms with Gasteiger partial charge in [-0.15, -0.1) is 0 Å². The first kappa shape index (κ1) is 12.8. The van der Waals surface area contributed by atoms with Crippen LogP contribution in [0.2, 0.25) is 0 Å². The van der Waals surface area contributed by atoms with E-state index in [0.29, 0.717) is 5.75 Å². The van der Waals surface area contributed by atoms with E-state index in [1.807, 2.05) is 0 Å². The van der Waals surface area contributed by atoms with Gasteiger partial charge in [0.25, 0.3) is 0 Å². The second-order valence-electron chi connectivity index (χ2n) is 3.93. The van der Waals surface area contributed by atoms with Gasteiger partial charge in [-0.05, 0) is 24.3 Å². The van der Waals surface area contributed by atoms with Crippen molar-refractivity contribution in [2.45, 2.75) is 18.4 Å². The molecule has 6 heteroatoms. The van der Waals surface area contributed by atoms with Crippen LogP contribution in [0.1, 0.15) is 6.42 Å². The number of ether oxygens (including phenoxy) is 3. The van der Waals surface area contributed by atoms with E-state index in [-0.39, 0.29) is 12.4 Å². The second-order valence-corrected chi connectivity index (χ2v) is 3.93. The summed E-state index contributed by atoms with van der Waals surface area (Å²) in [5.74, 6) is -4.49. The lowest BCUT2D eigenvalue weighted by Crippen LogP contribution is -2.34. The van der Waals surface area contributed by atoms with E-state index in [1.165, 1.54) is 31.4 Å². The highest BCUT2D eigenvalue weighted by atomic mass is 19.3. The van der Waals surface area contributed by atoms with E-state index in [1.54, 1.807) is 0 Å². The van der Waals surface area contributed by atoms with Crippen molar-refractivity contribution < 1.29 is 27.8 Å². The number of rotatable bonds is 5. The van der Waals surface area contributed by atoms with Crippen molar-refractivity contribution in [3.8, 4) is 11.5 Å². The molecule has 0 N–H and O–H groups in total. The molecule has 1 aliphatic rings. The topological polar surface area (TPSA) is 48.1 Å². The highest BCUT2D eigenvalue weighted by molar-refractivity contribution is 5.80. The Hall–Kier alpha value is -1.69. The number of hydrogen-bond donors (Lipinski definition) is 0. The molecular weight excluding hydrogens is 246 g/mol. The highest BCUT2D eigenvalue weighted by Crippen LogP contribution is 2.29. The molecule has 0 bridgehead atoms. The molecule has 0 spiro atoms. The fourth-order valence-electron chi connectivity index (χ4n) is 1.38. The third-order valence-corrected chi connectivity index (χ3v) is 2.46. The maximum atomic E-state index is 13.4. The first-order valence-corrected chi connectivity index (χ1v) is 5.37. The largest absolute Gasteiger partial charge is 0.497 e. The first-order chi connectivity index (χ1) is 8.51. The van der Waals surface area contributed by atoms with Gasteiger partial charge in [-0.1, -0.05) is 0 Å². The molecule has 4 nitrogen and oxygen atoms in total. The number of alkyl halides is 2. The van der Waals surface area contributed by atoms with Crippen LogP contribution in [0.25, 0.3) is 0 Å². The van der Waals surface area contributed by atoms with Crippen molar-refractivity contribution in [3.05, 3.63) is 24.3 Å². The summed E-state index contributed by atoms with van der Waals surface area (Å²) in [6.45, 7) is 0.269. The Labute approximate surface area is 102 Å². The molecule has 0 aliphatic carbocycles. The number of carbonyl (C=O) groups excluding carboxylic acids is 1. The van der Waals surface area contributed by atoms with E-state index in [4.69, 9.17) is 4.74 Å². The summed E-state index contributed by atoms with van der Waals surface area (Å²) in [5.41, 5.74) is 0. The first-order valence-electron chi connectivity index (χ1n) is 5.37. The number of epoxide rings is 1. The van der Waals surface area contributed by atoms with E-state index in [9.17, 15) is 13.6 Å². The molecule has 1 heterocycles. The standard InChI is InChI=1S/C12H12F2O4/c1-16-8-2-4-9(5-3-8)18-11(15)12(13,14)6-10-7-17-10/h2-5,10H,6-7H2,1H3. The molecule has 0 aromatic heterocycles. The predicted molar refractivity (Wildman–Crippen MR) is 57.9 cm³/mol. The molecule has 0 amide bonds. The Balaban J connectivity index is 1.96. The molecule has 1 aromatic rings. The van der Waals surface area contributed by atoms with Gasteiger partial charge in [0.05, 0.1) is 26.2 Å². The van der Waals surface area contributed by atoms with Crippen LogP contribution in [0.4, 0.5) is 8.78 Å². The van der Waals surface area contributed by atoms with Crippen molar-refractivity contribution in [1.82, 2.24) is 0 Å². The minimum atomic E-state index is -3.53. The highest BCUT2D eigenvalue weighted by Gasteiger charge is 2.46. The summed E-state index contributed by atoms with van der Waals surface area (Å²) in [6, 6.07) is 5.82. The summed E-state index contributed by atoms with van der Waals surface area (Å²) in [4.78, 5) is 11.3. The van der Waals surface area contributed by atoms with Gasteiger partial charge in [-0.2, -0.15) is 8.78 Å². The maximum absolute atomic E-state index is 13.4. The molecular formula is C12H12F2O4. The maximum Gasteiger partial charge on any atom is 0.382 e. The molecule has 2 rings (SSSR count). The van der Waals surface area contributed by atoms with E-state index >= 15 is 0 Å². The Morgan fingerprint density at radius 2 is 1.94 bits per heavy atom. The normalized spacial score (nSPS) is 18.3. The van der Waals surface area contributed by atoms with Gasteiger partial charge in [0.15, 0.2) is 0 Å². The van der Waals surface area contributed by atoms with Crippen LogP contribution in [0.5, 0.6) is 11.5 Å². The lowest BCUT2D eigenvalue weighted by Gasteiger charge is -2.13. The number of halogens is 2. The number of hydrogen-bond acceptors (Lipinski definition) is 4. The van der Waals surface area contributed by atoms with Gasteiger partial charge in [0.1, 0.15) is 11.5 Å². The lowest BCUT2D eigenvalue weighted by atomic mass is 10.2. The van der Waals surface area contributed by atoms with Crippen molar-refractivity contribution in [3.63, 3.8) is 0 Å². The van der Waals surface area contributed by atoms with Crippen LogP contribution in [-0.4, -0.2) is 31.7 Å². The Morgan fingerprint density at radius 1 is 1.39 bits per heavy atom. The third kappa shape index (κ3) is 3.16. The second kappa shape index (κ2) is 4.89. The smallest absolute Gasteiger partial charge is 0.382 e. The van der Waals surface area contributed by atoms with Crippen molar-refractivity contribution in [1.29, 1.82) is 0 Å². The number of methoxy groups -OCH3 is 1. The Morgan fingerprint density at radius 3 is 2.44 bits per heavy atom. The zero-order chi connectivity index (χ0) is 13.2. The SMILES string of the molecule is COc1ccc(OC(=O)C(F)(F)CC2CO2)cc1. The number of benzene rings is 1. The van der Waals surface area contributed by atoms with Gasteiger partial charge >= 0.3 is 11.9 Å². The molecule has 98 valence electrons. The molecule has 18 heavy (non-hydrogen) atoms. The van der Waals surface area contributed by atoms with Crippen LogP contribution < -0.4 is 9.47 Å². The zero-order valence-corrected chi connectivity index (χ0v) is 9.69. The van der Waals surface area contributed by atoms with Crippen molar-refractivity contribution in [2.24, 2.45) is 0 Å². The van der Waals surface area contributed by atoms with Gasteiger partial charge in [-0.3, -0.25) is 0 Å². The number of esters is 1. The summed E-state index contributed by atoms with van der Waals surface area (Å²) in [5, 5.41) is 0. The summed E-state index contributed by atoms with van der Waals surface area (Å²) in [7, 11) is 1.48. The molecule has 1 aromatic carbocycles. The van der Waals surface area contributed by atoms with Crippen LogP contribution in [0.15, 0.2) is 24.3 Å². The summed E-state index contributed by atoms with van der Waals surface area (Å²) < 4.78 is 40.9. The van der Waals surface area contributed by atoms with Gasteiger partial charge in [-0.25, -0.2) is 4.79 Å². The van der Waals surface area contributed by atoms with Gasteiger partial charge in [0.2, 0.25) is 0 Å². The van der Waals surface area contributed by atoms with Crippen molar-refractivity contribution >= 4 is 5.97 Å². The van der Waals surface area contributed by atoms with Crippen LogP contribution in [-0.2, 0) is 9.53 Å². The molecule has 0 radical (unpaired) electrons. The zero-order valence-electron chi connectivity index (χ0n) is 9.69. The molecule has 1 unspecified atom stereocenters. The predicted octanol–water partition coefficient (Wildman–Crippen LogP) is 2.02. The fourth-order valence-corrected chi connectivity index (χ4v) is 1.38. The Kier molecular flexibility index (Phi) is 3.47. The quantitative estimate of drug-likeness (QED) is 0.460.